The van der Waals surface area contributed by atoms with E-state index < -0.39 is 10.0 Å². The summed E-state index contributed by atoms with van der Waals surface area (Å²) in [4.78, 5) is 14.9. The minimum Gasteiger partial charge on any atom is -0.348 e. The van der Waals surface area contributed by atoms with Crippen molar-refractivity contribution in [2.75, 3.05) is 32.7 Å². The van der Waals surface area contributed by atoms with E-state index in [1.165, 1.54) is 9.87 Å². The lowest BCUT2D eigenvalue weighted by Gasteiger charge is -2.33. The second-order valence-electron chi connectivity index (χ2n) is 9.51. The smallest absolute Gasteiger partial charge is 0.243 e. The maximum atomic E-state index is 13.0. The summed E-state index contributed by atoms with van der Waals surface area (Å²) in [5, 5.41) is 3.06. The van der Waals surface area contributed by atoms with E-state index in [4.69, 9.17) is 0 Å². The van der Waals surface area contributed by atoms with E-state index in [0.29, 0.717) is 42.9 Å². The summed E-state index contributed by atoms with van der Waals surface area (Å²) in [6.07, 6.45) is 0. The molecule has 180 valence electrons. The molecule has 1 aliphatic rings. The molecule has 1 N–H and O–H groups in total. The number of sulfonamides is 1. The zero-order valence-corrected chi connectivity index (χ0v) is 21.2. The molecule has 1 atom stereocenters. The Hall–Kier alpha value is -2.22. The third-order valence-electron chi connectivity index (χ3n) is 6.36. The lowest BCUT2D eigenvalue weighted by atomic mass is 9.99. The lowest BCUT2D eigenvalue weighted by Crippen LogP contribution is -2.51. The van der Waals surface area contributed by atoms with Crippen LogP contribution in [0, 0.1) is 0 Å². The van der Waals surface area contributed by atoms with Crippen LogP contribution in [0.3, 0.4) is 0 Å². The number of carbonyl (C=O) groups excluding carboxylic acids is 1. The molecule has 1 aliphatic heterocycles. The number of rotatable bonds is 8. The van der Waals surface area contributed by atoms with Crippen LogP contribution in [0.2, 0.25) is 0 Å². The maximum absolute atomic E-state index is 13.0. The molecule has 1 amide bonds. The van der Waals surface area contributed by atoms with Crippen LogP contribution in [0.1, 0.15) is 69.2 Å². The molecule has 0 aliphatic carbocycles. The topological polar surface area (TPSA) is 69.7 Å². The molecule has 0 saturated carbocycles. The Morgan fingerprint density at radius 2 is 1.24 bits per heavy atom. The van der Waals surface area contributed by atoms with E-state index in [1.54, 1.807) is 12.1 Å². The zero-order valence-electron chi connectivity index (χ0n) is 20.4. The second kappa shape index (κ2) is 10.8. The van der Waals surface area contributed by atoms with Gasteiger partial charge in [-0.15, -0.1) is 0 Å². The monoisotopic (exact) mass is 471 g/mol. The number of carbonyl (C=O) groups is 1. The van der Waals surface area contributed by atoms with Gasteiger partial charge in [0.2, 0.25) is 15.9 Å². The molecule has 7 heteroatoms. The van der Waals surface area contributed by atoms with Gasteiger partial charge in [-0.05, 0) is 47.6 Å². The van der Waals surface area contributed by atoms with Gasteiger partial charge in [-0.2, -0.15) is 4.31 Å². The molecule has 0 bridgehead atoms. The van der Waals surface area contributed by atoms with Crippen LogP contribution in [-0.4, -0.2) is 56.3 Å². The van der Waals surface area contributed by atoms with E-state index in [1.807, 2.05) is 24.0 Å². The Bertz CT molecular complexity index is 1020. The zero-order chi connectivity index (χ0) is 24.2. The standard InChI is InChI=1S/C26H37N3O3S/c1-19(2)22-6-8-24(9-7-22)21(5)27-26(30)18-28-14-16-29(17-15-28)33(31,32)25-12-10-23(11-13-25)20(3)4/h6-13,19-21H,14-18H2,1-5H3,(H,27,30)/t21-/m1/s1. The van der Waals surface area contributed by atoms with Gasteiger partial charge in [0.15, 0.2) is 0 Å². The van der Waals surface area contributed by atoms with Crippen LogP contribution in [-0.2, 0) is 14.8 Å². The van der Waals surface area contributed by atoms with Crippen LogP contribution in [0.4, 0.5) is 0 Å². The second-order valence-corrected chi connectivity index (χ2v) is 11.5. The number of amides is 1. The molecule has 1 heterocycles. The van der Waals surface area contributed by atoms with Crippen molar-refractivity contribution in [1.82, 2.24) is 14.5 Å². The molecule has 0 aromatic heterocycles. The lowest BCUT2D eigenvalue weighted by molar-refractivity contribution is -0.123. The Kier molecular flexibility index (Phi) is 8.32. The van der Waals surface area contributed by atoms with Gasteiger partial charge in [-0.3, -0.25) is 9.69 Å². The quantitative estimate of drug-likeness (QED) is 0.629. The highest BCUT2D eigenvalue weighted by Gasteiger charge is 2.29. The molecule has 0 unspecified atom stereocenters. The molecule has 1 saturated heterocycles. The number of nitrogens with zero attached hydrogens (tertiary/aromatic N) is 2. The van der Waals surface area contributed by atoms with Gasteiger partial charge in [0, 0.05) is 26.2 Å². The summed E-state index contributed by atoms with van der Waals surface area (Å²) in [5.41, 5.74) is 3.47. The predicted octanol–water partition coefficient (Wildman–Crippen LogP) is 4.12. The van der Waals surface area contributed by atoms with Gasteiger partial charge in [-0.1, -0.05) is 64.1 Å². The Morgan fingerprint density at radius 1 is 0.788 bits per heavy atom. The van der Waals surface area contributed by atoms with Gasteiger partial charge >= 0.3 is 0 Å². The first-order valence-electron chi connectivity index (χ1n) is 11.8. The molecule has 6 nitrogen and oxygen atoms in total. The Morgan fingerprint density at radius 3 is 1.73 bits per heavy atom. The number of piperazine rings is 1. The third kappa shape index (κ3) is 6.43. The van der Waals surface area contributed by atoms with Crippen LogP contribution in [0.5, 0.6) is 0 Å². The average Bonchev–Trinajstić information content (AvgIpc) is 2.79. The molecule has 2 aromatic rings. The highest BCUT2D eigenvalue weighted by molar-refractivity contribution is 7.89. The molecule has 2 aromatic carbocycles. The molecule has 33 heavy (non-hydrogen) atoms. The van der Waals surface area contributed by atoms with Crippen molar-refractivity contribution < 1.29 is 13.2 Å². The van der Waals surface area contributed by atoms with Crippen molar-refractivity contribution >= 4 is 15.9 Å². The highest BCUT2D eigenvalue weighted by Crippen LogP contribution is 2.22. The number of benzene rings is 2. The van der Waals surface area contributed by atoms with E-state index >= 15 is 0 Å². The summed E-state index contributed by atoms with van der Waals surface area (Å²) in [5.74, 6) is 0.792. The van der Waals surface area contributed by atoms with E-state index in [2.05, 4.69) is 57.3 Å². The largest absolute Gasteiger partial charge is 0.348 e. The van der Waals surface area contributed by atoms with Crippen molar-refractivity contribution in [3.8, 4) is 0 Å². The van der Waals surface area contributed by atoms with Crippen molar-refractivity contribution in [3.63, 3.8) is 0 Å². The highest BCUT2D eigenvalue weighted by atomic mass is 32.2. The first-order valence-corrected chi connectivity index (χ1v) is 13.2. The fraction of sp³-hybridized carbons (Fsp3) is 0.500. The number of hydrogen-bond donors (Lipinski definition) is 1. The van der Waals surface area contributed by atoms with Gasteiger partial charge in [0.1, 0.15) is 0 Å². The number of hydrogen-bond acceptors (Lipinski definition) is 4. The van der Waals surface area contributed by atoms with Crippen LogP contribution < -0.4 is 5.32 Å². The summed E-state index contributed by atoms with van der Waals surface area (Å²) in [7, 11) is -3.52. The van der Waals surface area contributed by atoms with E-state index in [-0.39, 0.29) is 18.5 Å². The molecular weight excluding hydrogens is 434 g/mol. The van der Waals surface area contributed by atoms with Crippen molar-refractivity contribution in [3.05, 3.63) is 65.2 Å². The van der Waals surface area contributed by atoms with Crippen molar-refractivity contribution in [1.29, 1.82) is 0 Å². The Balaban J connectivity index is 1.50. The summed E-state index contributed by atoms with van der Waals surface area (Å²) in [6.45, 7) is 12.6. The molecule has 0 spiro atoms. The molecule has 0 radical (unpaired) electrons. The fourth-order valence-corrected chi connectivity index (χ4v) is 5.47. The average molecular weight is 472 g/mol. The summed E-state index contributed by atoms with van der Waals surface area (Å²) < 4.78 is 27.5. The normalized spacial score (nSPS) is 16.8. The van der Waals surface area contributed by atoms with Crippen molar-refractivity contribution in [2.45, 2.75) is 57.4 Å². The fourth-order valence-electron chi connectivity index (χ4n) is 4.04. The maximum Gasteiger partial charge on any atom is 0.243 e. The van der Waals surface area contributed by atoms with Crippen LogP contribution >= 0.6 is 0 Å². The van der Waals surface area contributed by atoms with Gasteiger partial charge in [0.25, 0.3) is 0 Å². The first-order chi connectivity index (χ1) is 15.6. The van der Waals surface area contributed by atoms with Crippen molar-refractivity contribution in [2.24, 2.45) is 0 Å². The third-order valence-corrected chi connectivity index (χ3v) is 8.28. The summed E-state index contributed by atoms with van der Waals surface area (Å²) in [6, 6.07) is 15.4. The van der Waals surface area contributed by atoms with Gasteiger partial charge < -0.3 is 5.32 Å². The molecule has 1 fully saturated rings. The van der Waals surface area contributed by atoms with E-state index in [0.717, 1.165) is 11.1 Å². The SMILES string of the molecule is CC(C)c1ccc([C@@H](C)NC(=O)CN2CCN(S(=O)(=O)c3ccc(C(C)C)cc3)CC2)cc1. The molecule has 3 rings (SSSR count). The minimum absolute atomic E-state index is 0.0454. The van der Waals surface area contributed by atoms with Crippen LogP contribution in [0.15, 0.2) is 53.4 Å². The molecular formula is C26H37N3O3S. The summed E-state index contributed by atoms with van der Waals surface area (Å²) >= 11 is 0. The van der Waals surface area contributed by atoms with Gasteiger partial charge in [0.05, 0.1) is 17.5 Å². The predicted molar refractivity (Wildman–Crippen MR) is 133 cm³/mol. The number of nitrogens with one attached hydrogen (secondary N) is 1. The van der Waals surface area contributed by atoms with Crippen LogP contribution in [0.25, 0.3) is 0 Å². The van der Waals surface area contributed by atoms with E-state index in [9.17, 15) is 13.2 Å². The Labute approximate surface area is 199 Å². The van der Waals surface area contributed by atoms with Gasteiger partial charge in [-0.25, -0.2) is 8.42 Å². The minimum atomic E-state index is -3.52. The first kappa shape index (κ1) is 25.4.